The number of hydrogen-bond donors (Lipinski definition) is 1. The van der Waals surface area contributed by atoms with Crippen LogP contribution >= 0.6 is 0 Å². The Bertz CT molecular complexity index is 498. The topological polar surface area (TPSA) is 38.5 Å². The van der Waals surface area contributed by atoms with Gasteiger partial charge in [-0.3, -0.25) is 0 Å². The van der Waals surface area contributed by atoms with E-state index in [4.69, 9.17) is 10.5 Å². The van der Waals surface area contributed by atoms with Gasteiger partial charge in [-0.15, -0.1) is 0 Å². The molecule has 2 aliphatic rings. The van der Waals surface area contributed by atoms with Gasteiger partial charge in [-0.1, -0.05) is 0 Å². The Hall–Kier alpha value is -1.20. The predicted octanol–water partition coefficient (Wildman–Crippen LogP) is 2.61. The van der Waals surface area contributed by atoms with Crippen LogP contribution in [-0.4, -0.2) is 31.3 Å². The lowest BCUT2D eigenvalue weighted by Crippen LogP contribution is -2.49. The third-order valence-electron chi connectivity index (χ3n) is 4.40. The number of rotatable bonds is 3. The number of hydrogen-bond acceptors (Lipinski definition) is 3. The van der Waals surface area contributed by atoms with E-state index < -0.39 is 11.6 Å². The summed E-state index contributed by atoms with van der Waals surface area (Å²) in [4.78, 5) is 1.86. The summed E-state index contributed by atoms with van der Waals surface area (Å²) in [6.07, 6.45) is 3.56. The molecule has 116 valence electrons. The largest absolute Gasteiger partial charge is 0.374 e. The molecule has 0 radical (unpaired) electrons. The Kier molecular flexibility index (Phi) is 4.13. The fourth-order valence-corrected chi connectivity index (χ4v) is 3.59. The number of ether oxygens (including phenoxy) is 1. The van der Waals surface area contributed by atoms with Gasteiger partial charge < -0.3 is 15.4 Å². The maximum atomic E-state index is 14.4. The van der Waals surface area contributed by atoms with Gasteiger partial charge in [-0.25, -0.2) is 8.78 Å². The van der Waals surface area contributed by atoms with Crippen molar-refractivity contribution in [2.24, 2.45) is 5.73 Å². The zero-order chi connectivity index (χ0) is 15.0. The van der Waals surface area contributed by atoms with Crippen molar-refractivity contribution in [3.05, 3.63) is 29.3 Å². The molecule has 3 rings (SSSR count). The number of nitrogens with two attached hydrogens (primary N) is 1. The fraction of sp³-hybridized carbons (Fsp3) is 0.625. The Morgan fingerprint density at radius 2 is 2.05 bits per heavy atom. The van der Waals surface area contributed by atoms with E-state index in [2.05, 4.69) is 0 Å². The van der Waals surface area contributed by atoms with Gasteiger partial charge in [0.15, 0.2) is 0 Å². The molecule has 2 N–H and O–H groups in total. The lowest BCUT2D eigenvalue weighted by atomic mass is 10.0. The summed E-state index contributed by atoms with van der Waals surface area (Å²) in [5.74, 6) is -0.976. The van der Waals surface area contributed by atoms with Gasteiger partial charge >= 0.3 is 0 Å². The molecule has 2 fully saturated rings. The zero-order valence-electron chi connectivity index (χ0n) is 12.3. The molecule has 1 heterocycles. The molecule has 21 heavy (non-hydrogen) atoms. The van der Waals surface area contributed by atoms with Crippen molar-refractivity contribution in [3.8, 4) is 0 Å². The van der Waals surface area contributed by atoms with Crippen molar-refractivity contribution in [3.63, 3.8) is 0 Å². The third kappa shape index (κ3) is 2.90. The highest BCUT2D eigenvalue weighted by Crippen LogP contribution is 2.36. The van der Waals surface area contributed by atoms with Crippen LogP contribution in [0.4, 0.5) is 14.5 Å². The lowest BCUT2D eigenvalue weighted by molar-refractivity contribution is 0.0251. The fourth-order valence-electron chi connectivity index (χ4n) is 3.59. The highest BCUT2D eigenvalue weighted by Gasteiger charge is 2.38. The van der Waals surface area contributed by atoms with Crippen LogP contribution in [0.25, 0.3) is 0 Å². The molecule has 1 aliphatic heterocycles. The van der Waals surface area contributed by atoms with Crippen LogP contribution in [0.2, 0.25) is 0 Å². The normalized spacial score (nSPS) is 26.8. The summed E-state index contributed by atoms with van der Waals surface area (Å²) in [5.41, 5.74) is 6.42. The van der Waals surface area contributed by atoms with Gasteiger partial charge in [0, 0.05) is 12.6 Å². The van der Waals surface area contributed by atoms with Crippen LogP contribution < -0.4 is 10.6 Å². The van der Waals surface area contributed by atoms with Crippen LogP contribution in [0.5, 0.6) is 0 Å². The van der Waals surface area contributed by atoms with E-state index in [0.29, 0.717) is 25.1 Å². The smallest absolute Gasteiger partial charge is 0.149 e. The summed E-state index contributed by atoms with van der Waals surface area (Å²) in [6.45, 7) is 2.90. The monoisotopic (exact) mass is 296 g/mol. The van der Waals surface area contributed by atoms with Crippen molar-refractivity contribution in [2.45, 2.75) is 50.8 Å². The standard InChI is InChI=1S/C16H22F2N2O/c1-10(19)7-11-8-12(17)16(13(18)9-11)20-5-6-21-15-4-2-3-14(15)20/h8-10,14-15H,2-7,19H2,1H3. The van der Waals surface area contributed by atoms with Gasteiger partial charge in [-0.2, -0.15) is 0 Å². The highest BCUT2D eigenvalue weighted by molar-refractivity contribution is 5.52. The number of morpholine rings is 1. The second-order valence-corrected chi connectivity index (χ2v) is 6.19. The molecule has 3 unspecified atom stereocenters. The summed E-state index contributed by atoms with van der Waals surface area (Å²) < 4.78 is 34.6. The molecule has 1 saturated carbocycles. The third-order valence-corrected chi connectivity index (χ3v) is 4.40. The van der Waals surface area contributed by atoms with E-state index in [1.54, 1.807) is 0 Å². The van der Waals surface area contributed by atoms with E-state index in [1.165, 1.54) is 12.1 Å². The van der Waals surface area contributed by atoms with Gasteiger partial charge in [0.1, 0.15) is 17.3 Å². The maximum Gasteiger partial charge on any atom is 0.149 e. The molecular weight excluding hydrogens is 274 g/mol. The molecule has 0 spiro atoms. The first kappa shape index (κ1) is 14.7. The number of anilines is 1. The Morgan fingerprint density at radius 3 is 2.71 bits per heavy atom. The molecule has 1 saturated heterocycles. The first-order valence-electron chi connectivity index (χ1n) is 7.68. The molecule has 1 aromatic rings. The summed E-state index contributed by atoms with van der Waals surface area (Å²) >= 11 is 0. The van der Waals surface area contributed by atoms with Crippen molar-refractivity contribution >= 4 is 5.69 Å². The minimum Gasteiger partial charge on any atom is -0.374 e. The second kappa shape index (κ2) is 5.89. The van der Waals surface area contributed by atoms with E-state index in [9.17, 15) is 8.78 Å². The van der Waals surface area contributed by atoms with E-state index in [0.717, 1.165) is 19.3 Å². The SMILES string of the molecule is CC(N)Cc1cc(F)c(N2CCOC3CCCC32)c(F)c1. The number of fused-ring (bicyclic) bond motifs is 1. The maximum absolute atomic E-state index is 14.4. The van der Waals surface area contributed by atoms with Gasteiger partial charge in [0.2, 0.25) is 0 Å². The molecule has 3 atom stereocenters. The Balaban J connectivity index is 1.90. The summed E-state index contributed by atoms with van der Waals surface area (Å²) in [6, 6.07) is 2.82. The van der Waals surface area contributed by atoms with Gasteiger partial charge in [-0.05, 0) is 50.3 Å². The quantitative estimate of drug-likeness (QED) is 0.932. The van der Waals surface area contributed by atoms with E-state index >= 15 is 0 Å². The average molecular weight is 296 g/mol. The summed E-state index contributed by atoms with van der Waals surface area (Å²) in [5, 5.41) is 0. The summed E-state index contributed by atoms with van der Waals surface area (Å²) in [7, 11) is 0. The van der Waals surface area contributed by atoms with Crippen molar-refractivity contribution in [1.29, 1.82) is 0 Å². The van der Waals surface area contributed by atoms with Crippen LogP contribution in [0.15, 0.2) is 12.1 Å². The van der Waals surface area contributed by atoms with Crippen molar-refractivity contribution in [1.82, 2.24) is 0 Å². The first-order chi connectivity index (χ1) is 10.1. The molecule has 1 aliphatic carbocycles. The van der Waals surface area contributed by atoms with Crippen molar-refractivity contribution in [2.75, 3.05) is 18.1 Å². The van der Waals surface area contributed by atoms with Crippen molar-refractivity contribution < 1.29 is 13.5 Å². The molecule has 3 nitrogen and oxygen atoms in total. The number of halogens is 2. The van der Waals surface area contributed by atoms with Crippen LogP contribution in [-0.2, 0) is 11.2 Å². The van der Waals surface area contributed by atoms with Crippen LogP contribution in [0, 0.1) is 11.6 Å². The average Bonchev–Trinajstić information content (AvgIpc) is 2.86. The number of benzene rings is 1. The molecule has 0 amide bonds. The highest BCUT2D eigenvalue weighted by atomic mass is 19.1. The minimum absolute atomic E-state index is 0.0991. The zero-order valence-corrected chi connectivity index (χ0v) is 12.3. The van der Waals surface area contributed by atoms with Crippen LogP contribution in [0.3, 0.4) is 0 Å². The molecule has 0 aromatic heterocycles. The molecule has 0 bridgehead atoms. The van der Waals surface area contributed by atoms with E-state index in [1.807, 2.05) is 11.8 Å². The van der Waals surface area contributed by atoms with Crippen LogP contribution in [0.1, 0.15) is 31.7 Å². The minimum atomic E-state index is -0.488. The second-order valence-electron chi connectivity index (χ2n) is 6.19. The Morgan fingerprint density at radius 1 is 1.33 bits per heavy atom. The molecule has 5 heteroatoms. The Labute approximate surface area is 124 Å². The van der Waals surface area contributed by atoms with E-state index in [-0.39, 0.29) is 23.9 Å². The molecule has 1 aromatic carbocycles. The predicted molar refractivity (Wildman–Crippen MR) is 78.4 cm³/mol. The molecular formula is C16H22F2N2O. The first-order valence-corrected chi connectivity index (χ1v) is 7.68. The number of nitrogens with zero attached hydrogens (tertiary/aromatic N) is 1. The van der Waals surface area contributed by atoms with Gasteiger partial charge in [0.25, 0.3) is 0 Å². The lowest BCUT2D eigenvalue weighted by Gasteiger charge is -2.39. The van der Waals surface area contributed by atoms with Gasteiger partial charge in [0.05, 0.1) is 18.8 Å².